The van der Waals surface area contributed by atoms with E-state index in [0.717, 1.165) is 32.2 Å². The fourth-order valence-electron chi connectivity index (χ4n) is 3.45. The highest BCUT2D eigenvalue weighted by Gasteiger charge is 2.21. The minimum atomic E-state index is -0.550. The maximum atomic E-state index is 12.3. The van der Waals surface area contributed by atoms with Gasteiger partial charge in [-0.05, 0) is 45.4 Å². The first-order chi connectivity index (χ1) is 15.1. The lowest BCUT2D eigenvalue weighted by atomic mass is 10.2. The molecule has 3 rings (SSSR count). The van der Waals surface area contributed by atoms with Crippen molar-refractivity contribution in [3.05, 3.63) is 34.7 Å². The highest BCUT2D eigenvalue weighted by Crippen LogP contribution is 2.27. The van der Waals surface area contributed by atoms with Crippen molar-refractivity contribution in [2.24, 2.45) is 0 Å². The van der Waals surface area contributed by atoms with Crippen molar-refractivity contribution in [3.63, 3.8) is 0 Å². The Balaban J connectivity index is 1.92. The van der Waals surface area contributed by atoms with E-state index in [-0.39, 0.29) is 12.1 Å². The Morgan fingerprint density at radius 2 is 1.97 bits per heavy atom. The lowest BCUT2D eigenvalue weighted by molar-refractivity contribution is -0.140. The van der Waals surface area contributed by atoms with E-state index in [9.17, 15) is 9.59 Å². The van der Waals surface area contributed by atoms with Gasteiger partial charge in [-0.3, -0.25) is 9.78 Å². The van der Waals surface area contributed by atoms with Gasteiger partial charge in [-0.25, -0.2) is 9.78 Å². The van der Waals surface area contributed by atoms with Crippen LogP contribution in [0.2, 0.25) is 0 Å². The number of aromatic nitrogens is 3. The smallest absolute Gasteiger partial charge is 0.410 e. The van der Waals surface area contributed by atoms with Crippen LogP contribution >= 0.6 is 15.9 Å². The fraction of sp³-hybridized carbons (Fsp3) is 0.478. The van der Waals surface area contributed by atoms with Crippen molar-refractivity contribution in [1.29, 1.82) is 0 Å². The summed E-state index contributed by atoms with van der Waals surface area (Å²) in [7, 11) is 3.11. The molecule has 0 aliphatic rings. The molecule has 0 radical (unpaired) electrons. The molecule has 0 aliphatic carbocycles. The summed E-state index contributed by atoms with van der Waals surface area (Å²) in [6, 6.07) is 5.96. The van der Waals surface area contributed by atoms with E-state index in [1.54, 1.807) is 18.1 Å². The van der Waals surface area contributed by atoms with Gasteiger partial charge in [-0.1, -0.05) is 15.9 Å². The quantitative estimate of drug-likeness (QED) is 0.433. The van der Waals surface area contributed by atoms with Crippen LogP contribution in [0.1, 0.15) is 39.4 Å². The average Bonchev–Trinajstić information content (AvgIpc) is 3.08. The van der Waals surface area contributed by atoms with Gasteiger partial charge in [0.05, 0.1) is 24.3 Å². The molecule has 0 fully saturated rings. The maximum absolute atomic E-state index is 12.3. The molecule has 0 aliphatic heterocycles. The number of esters is 1. The zero-order chi connectivity index (χ0) is 23.5. The molecule has 2 aromatic heterocycles. The molecule has 1 aromatic carbocycles. The SMILES string of the molecule is COC(=O)CCCn1c(CCN(C)C(=O)OC(C)(C)C)nc2cnc3cc(Br)ccc3c21. The third-order valence-corrected chi connectivity index (χ3v) is 5.47. The second-order valence-corrected chi connectivity index (χ2v) is 9.58. The van der Waals surface area contributed by atoms with Gasteiger partial charge in [0, 0.05) is 42.8 Å². The van der Waals surface area contributed by atoms with Gasteiger partial charge in [0.1, 0.15) is 16.9 Å². The van der Waals surface area contributed by atoms with Gasteiger partial charge in [0.2, 0.25) is 0 Å². The number of ether oxygens (including phenoxy) is 2. The number of rotatable bonds is 7. The Morgan fingerprint density at radius 1 is 1.22 bits per heavy atom. The number of hydrogen-bond donors (Lipinski definition) is 0. The summed E-state index contributed by atoms with van der Waals surface area (Å²) in [4.78, 5) is 34.9. The highest BCUT2D eigenvalue weighted by atomic mass is 79.9. The summed E-state index contributed by atoms with van der Waals surface area (Å²) >= 11 is 3.50. The Bertz CT molecular complexity index is 1140. The molecule has 0 saturated heterocycles. The molecular weight excluding hydrogens is 476 g/mol. The first kappa shape index (κ1) is 24.0. The number of likely N-dealkylation sites (N-methyl/N-ethyl adjacent to an activating group) is 1. The molecule has 0 unspecified atom stereocenters. The Hall–Kier alpha value is -2.68. The number of nitrogens with zero attached hydrogens (tertiary/aromatic N) is 4. The van der Waals surface area contributed by atoms with E-state index in [1.165, 1.54) is 7.11 Å². The Kier molecular flexibility index (Phi) is 7.38. The molecule has 0 spiro atoms. The minimum absolute atomic E-state index is 0.240. The van der Waals surface area contributed by atoms with Crippen LogP contribution in [0, 0.1) is 0 Å². The summed E-state index contributed by atoms with van der Waals surface area (Å²) in [6.07, 6.45) is 2.88. The van der Waals surface area contributed by atoms with Gasteiger partial charge < -0.3 is 18.9 Å². The van der Waals surface area contributed by atoms with Crippen molar-refractivity contribution in [2.75, 3.05) is 20.7 Å². The molecule has 3 aromatic rings. The third-order valence-electron chi connectivity index (χ3n) is 4.98. The number of fused-ring (bicyclic) bond motifs is 3. The van der Waals surface area contributed by atoms with Crippen LogP contribution in [0.4, 0.5) is 4.79 Å². The molecule has 0 N–H and O–H groups in total. The van der Waals surface area contributed by atoms with Crippen molar-refractivity contribution in [2.45, 2.75) is 52.2 Å². The van der Waals surface area contributed by atoms with Gasteiger partial charge in [-0.2, -0.15) is 0 Å². The number of carbonyl (C=O) groups is 2. The Morgan fingerprint density at radius 3 is 2.66 bits per heavy atom. The Labute approximate surface area is 196 Å². The number of halogens is 1. The fourth-order valence-corrected chi connectivity index (χ4v) is 3.80. The molecule has 8 nitrogen and oxygen atoms in total. The number of methoxy groups -OCH3 is 1. The minimum Gasteiger partial charge on any atom is -0.469 e. The number of hydrogen-bond acceptors (Lipinski definition) is 6. The summed E-state index contributed by atoms with van der Waals surface area (Å²) in [5, 5.41) is 0.989. The normalized spacial score (nSPS) is 11.7. The van der Waals surface area contributed by atoms with E-state index in [2.05, 4.69) is 25.5 Å². The number of aryl methyl sites for hydroxylation is 1. The number of carbonyl (C=O) groups excluding carboxylic acids is 2. The number of pyridine rings is 1. The van der Waals surface area contributed by atoms with E-state index >= 15 is 0 Å². The van der Waals surface area contributed by atoms with Crippen LogP contribution in [-0.4, -0.2) is 57.8 Å². The van der Waals surface area contributed by atoms with E-state index in [4.69, 9.17) is 14.5 Å². The molecule has 2 heterocycles. The van der Waals surface area contributed by atoms with Crippen LogP contribution in [0.25, 0.3) is 21.9 Å². The van der Waals surface area contributed by atoms with Crippen LogP contribution in [0.5, 0.6) is 0 Å². The topological polar surface area (TPSA) is 86.5 Å². The summed E-state index contributed by atoms with van der Waals surface area (Å²) < 4.78 is 13.3. The summed E-state index contributed by atoms with van der Waals surface area (Å²) in [6.45, 7) is 6.58. The second kappa shape index (κ2) is 9.85. The number of benzene rings is 1. The molecule has 1 amide bonds. The molecule has 0 bridgehead atoms. The largest absolute Gasteiger partial charge is 0.469 e. The van der Waals surface area contributed by atoms with Gasteiger partial charge in [-0.15, -0.1) is 0 Å². The number of imidazole rings is 1. The van der Waals surface area contributed by atoms with Crippen LogP contribution in [-0.2, 0) is 27.2 Å². The highest BCUT2D eigenvalue weighted by molar-refractivity contribution is 9.10. The van der Waals surface area contributed by atoms with Gasteiger partial charge in [0.15, 0.2) is 0 Å². The number of amides is 1. The van der Waals surface area contributed by atoms with Crippen molar-refractivity contribution in [1.82, 2.24) is 19.4 Å². The lowest BCUT2D eigenvalue weighted by Gasteiger charge is -2.24. The predicted octanol–water partition coefficient (Wildman–Crippen LogP) is 4.71. The molecule has 172 valence electrons. The van der Waals surface area contributed by atoms with Gasteiger partial charge in [0.25, 0.3) is 0 Å². The standard InChI is InChI=1S/C23H29BrN4O4/c1-23(2,3)32-22(30)27(4)12-10-19-26-18-14-25-17-13-15(24)8-9-16(17)21(18)28(19)11-6-7-20(29)31-5/h8-9,13-14H,6-7,10-12H2,1-5H3. The molecule has 9 heteroatoms. The monoisotopic (exact) mass is 504 g/mol. The summed E-state index contributed by atoms with van der Waals surface area (Å²) in [5.41, 5.74) is 2.07. The van der Waals surface area contributed by atoms with E-state index in [1.807, 2.05) is 39.0 Å². The first-order valence-corrected chi connectivity index (χ1v) is 11.3. The first-order valence-electron chi connectivity index (χ1n) is 10.5. The molecule has 0 saturated carbocycles. The third kappa shape index (κ3) is 5.76. The van der Waals surface area contributed by atoms with Crippen molar-refractivity contribution < 1.29 is 19.1 Å². The molecular formula is C23H29BrN4O4. The van der Waals surface area contributed by atoms with Gasteiger partial charge >= 0.3 is 12.1 Å². The van der Waals surface area contributed by atoms with E-state index in [0.29, 0.717) is 32.4 Å². The van der Waals surface area contributed by atoms with Crippen molar-refractivity contribution >= 4 is 49.9 Å². The second-order valence-electron chi connectivity index (χ2n) is 8.66. The zero-order valence-electron chi connectivity index (χ0n) is 19.1. The zero-order valence-corrected chi connectivity index (χ0v) is 20.7. The lowest BCUT2D eigenvalue weighted by Crippen LogP contribution is -2.35. The van der Waals surface area contributed by atoms with E-state index < -0.39 is 5.60 Å². The maximum Gasteiger partial charge on any atom is 0.410 e. The van der Waals surface area contributed by atoms with Crippen LogP contribution in [0.3, 0.4) is 0 Å². The average molecular weight is 505 g/mol. The van der Waals surface area contributed by atoms with Crippen LogP contribution < -0.4 is 0 Å². The van der Waals surface area contributed by atoms with Crippen LogP contribution in [0.15, 0.2) is 28.9 Å². The van der Waals surface area contributed by atoms with Crippen molar-refractivity contribution in [3.8, 4) is 0 Å². The molecule has 32 heavy (non-hydrogen) atoms. The summed E-state index contributed by atoms with van der Waals surface area (Å²) in [5.74, 6) is 0.591. The predicted molar refractivity (Wildman–Crippen MR) is 127 cm³/mol. The molecule has 0 atom stereocenters.